The molecule has 1 aromatic rings. The molecule has 0 radical (unpaired) electrons. The van der Waals surface area contributed by atoms with Gasteiger partial charge in [-0.25, -0.2) is 0 Å². The van der Waals surface area contributed by atoms with Crippen molar-refractivity contribution >= 4 is 5.97 Å². The third-order valence-electron chi connectivity index (χ3n) is 5.66. The quantitative estimate of drug-likeness (QED) is 0.742. The van der Waals surface area contributed by atoms with Crippen LogP contribution in [0.15, 0.2) is 30.3 Å². The molecule has 1 aliphatic rings. The molecule has 3 heteroatoms. The van der Waals surface area contributed by atoms with Gasteiger partial charge in [-0.15, -0.1) is 0 Å². The van der Waals surface area contributed by atoms with Crippen molar-refractivity contribution in [3.63, 3.8) is 0 Å². The van der Waals surface area contributed by atoms with Gasteiger partial charge in [-0.1, -0.05) is 51.1 Å². The number of nitriles is 1. The molecule has 1 fully saturated rings. The zero-order chi connectivity index (χ0) is 17.8. The lowest BCUT2D eigenvalue weighted by molar-refractivity contribution is -0.149. The van der Waals surface area contributed by atoms with E-state index in [2.05, 4.69) is 39.0 Å². The van der Waals surface area contributed by atoms with Crippen LogP contribution in [-0.2, 0) is 14.9 Å². The molecular weight excluding hydrogens is 298 g/mol. The van der Waals surface area contributed by atoms with Crippen molar-refractivity contribution in [3.8, 4) is 6.07 Å². The summed E-state index contributed by atoms with van der Waals surface area (Å²) in [5.41, 5.74) is 0.927. The summed E-state index contributed by atoms with van der Waals surface area (Å²) in [6, 6.07) is 12.3. The SMILES string of the molecule is CCOC(=O)C(C#N)C1(c2ccccc2)CCC(C(C)(C)C)CC1. The Hall–Kier alpha value is -1.82. The van der Waals surface area contributed by atoms with E-state index in [0.717, 1.165) is 31.2 Å². The topological polar surface area (TPSA) is 50.1 Å². The van der Waals surface area contributed by atoms with Crippen molar-refractivity contribution < 1.29 is 9.53 Å². The Bertz CT molecular complexity index is 587. The van der Waals surface area contributed by atoms with E-state index in [4.69, 9.17) is 4.74 Å². The molecule has 1 unspecified atom stereocenters. The monoisotopic (exact) mass is 327 g/mol. The molecule has 130 valence electrons. The average Bonchev–Trinajstić information content (AvgIpc) is 2.56. The number of benzene rings is 1. The highest BCUT2D eigenvalue weighted by Gasteiger charge is 2.48. The first kappa shape index (κ1) is 18.5. The van der Waals surface area contributed by atoms with Gasteiger partial charge in [-0.05, 0) is 49.5 Å². The molecule has 3 nitrogen and oxygen atoms in total. The van der Waals surface area contributed by atoms with E-state index >= 15 is 0 Å². The van der Waals surface area contributed by atoms with Gasteiger partial charge in [0.15, 0.2) is 5.92 Å². The summed E-state index contributed by atoms with van der Waals surface area (Å²) in [5, 5.41) is 9.78. The predicted molar refractivity (Wildman–Crippen MR) is 95.3 cm³/mol. The van der Waals surface area contributed by atoms with Crippen LogP contribution in [0.3, 0.4) is 0 Å². The minimum atomic E-state index is -0.735. The van der Waals surface area contributed by atoms with Gasteiger partial charge in [0.2, 0.25) is 0 Å². The normalized spacial score (nSPS) is 25.5. The van der Waals surface area contributed by atoms with Crippen LogP contribution in [0.2, 0.25) is 0 Å². The molecule has 0 aliphatic heterocycles. The maximum absolute atomic E-state index is 12.5. The Morgan fingerprint density at radius 2 is 1.88 bits per heavy atom. The first-order chi connectivity index (χ1) is 11.3. The summed E-state index contributed by atoms with van der Waals surface area (Å²) < 4.78 is 5.23. The second-order valence-electron chi connectivity index (χ2n) is 7.98. The van der Waals surface area contributed by atoms with Crippen LogP contribution >= 0.6 is 0 Å². The number of carbonyl (C=O) groups is 1. The van der Waals surface area contributed by atoms with E-state index in [-0.39, 0.29) is 11.4 Å². The molecule has 0 amide bonds. The number of nitrogens with zero attached hydrogens (tertiary/aromatic N) is 1. The zero-order valence-electron chi connectivity index (χ0n) is 15.3. The molecular formula is C21H29NO2. The second-order valence-corrected chi connectivity index (χ2v) is 7.98. The van der Waals surface area contributed by atoms with Crippen LogP contribution in [0.1, 0.15) is 58.9 Å². The van der Waals surface area contributed by atoms with Gasteiger partial charge in [-0.3, -0.25) is 4.79 Å². The van der Waals surface area contributed by atoms with E-state index in [0.29, 0.717) is 12.5 Å². The molecule has 0 spiro atoms. The van der Waals surface area contributed by atoms with Crippen LogP contribution in [0, 0.1) is 28.6 Å². The van der Waals surface area contributed by atoms with E-state index in [1.54, 1.807) is 6.92 Å². The summed E-state index contributed by atoms with van der Waals surface area (Å²) in [4.78, 5) is 12.5. The summed E-state index contributed by atoms with van der Waals surface area (Å²) in [7, 11) is 0. The fourth-order valence-electron chi connectivity index (χ4n) is 4.14. The maximum Gasteiger partial charge on any atom is 0.324 e. The number of hydrogen-bond acceptors (Lipinski definition) is 3. The highest BCUT2D eigenvalue weighted by Crippen LogP contribution is 2.50. The minimum Gasteiger partial charge on any atom is -0.465 e. The number of esters is 1. The lowest BCUT2D eigenvalue weighted by atomic mass is 9.57. The molecule has 2 rings (SSSR count). The maximum atomic E-state index is 12.5. The van der Waals surface area contributed by atoms with Crippen LogP contribution < -0.4 is 0 Å². The van der Waals surface area contributed by atoms with Gasteiger partial charge in [0.05, 0.1) is 12.7 Å². The van der Waals surface area contributed by atoms with Gasteiger partial charge >= 0.3 is 5.97 Å². The molecule has 1 atom stereocenters. The molecule has 0 aromatic heterocycles. The third kappa shape index (κ3) is 3.64. The van der Waals surface area contributed by atoms with Gasteiger partial charge in [0.1, 0.15) is 0 Å². The molecule has 0 N–H and O–H groups in total. The Kier molecular flexibility index (Phi) is 5.70. The van der Waals surface area contributed by atoms with Gasteiger partial charge in [0, 0.05) is 5.41 Å². The standard InChI is InChI=1S/C21H29NO2/c1-5-24-19(23)18(15-22)21(17-9-7-6-8-10-17)13-11-16(12-14-21)20(2,3)4/h6-10,16,18H,5,11-14H2,1-4H3. The Morgan fingerprint density at radius 1 is 1.29 bits per heavy atom. The summed E-state index contributed by atoms with van der Waals surface area (Å²) in [5.74, 6) is -0.491. The number of carbonyl (C=O) groups excluding carboxylic acids is 1. The van der Waals surface area contributed by atoms with E-state index in [9.17, 15) is 10.1 Å². The molecule has 1 saturated carbocycles. The number of rotatable bonds is 4. The molecule has 0 heterocycles. The van der Waals surface area contributed by atoms with Crippen LogP contribution in [0.25, 0.3) is 0 Å². The highest BCUT2D eigenvalue weighted by atomic mass is 16.5. The first-order valence-electron chi connectivity index (χ1n) is 8.97. The van der Waals surface area contributed by atoms with Crippen molar-refractivity contribution in [1.82, 2.24) is 0 Å². The second kappa shape index (κ2) is 7.38. The van der Waals surface area contributed by atoms with Crippen molar-refractivity contribution in [2.45, 2.75) is 58.8 Å². The van der Waals surface area contributed by atoms with Gasteiger partial charge < -0.3 is 4.74 Å². The van der Waals surface area contributed by atoms with Gasteiger partial charge in [-0.2, -0.15) is 5.26 Å². The Labute approximate surface area is 146 Å². The lowest BCUT2D eigenvalue weighted by Crippen LogP contribution is -2.44. The van der Waals surface area contributed by atoms with Crippen LogP contribution in [0.4, 0.5) is 0 Å². The van der Waals surface area contributed by atoms with Crippen molar-refractivity contribution in [1.29, 1.82) is 5.26 Å². The average molecular weight is 327 g/mol. The first-order valence-corrected chi connectivity index (χ1v) is 8.97. The molecule has 1 aliphatic carbocycles. The van der Waals surface area contributed by atoms with Crippen molar-refractivity contribution in [3.05, 3.63) is 35.9 Å². The summed E-state index contributed by atoms with van der Waals surface area (Å²) >= 11 is 0. The number of hydrogen-bond donors (Lipinski definition) is 0. The molecule has 1 aromatic carbocycles. The van der Waals surface area contributed by atoms with E-state index < -0.39 is 11.3 Å². The number of ether oxygens (including phenoxy) is 1. The zero-order valence-corrected chi connectivity index (χ0v) is 15.3. The van der Waals surface area contributed by atoms with Crippen LogP contribution in [0.5, 0.6) is 0 Å². The highest BCUT2D eigenvalue weighted by molar-refractivity contribution is 5.77. The predicted octanol–water partition coefficient (Wildman–Crippen LogP) is 4.86. The fourth-order valence-corrected chi connectivity index (χ4v) is 4.14. The molecule has 0 saturated heterocycles. The van der Waals surface area contributed by atoms with E-state index in [1.807, 2.05) is 18.2 Å². The minimum absolute atomic E-state index is 0.259. The van der Waals surface area contributed by atoms with E-state index in [1.165, 1.54) is 0 Å². The lowest BCUT2D eigenvalue weighted by Gasteiger charge is -2.45. The Balaban J connectivity index is 2.38. The fraction of sp³-hybridized carbons (Fsp3) is 0.619. The smallest absolute Gasteiger partial charge is 0.324 e. The van der Waals surface area contributed by atoms with Gasteiger partial charge in [0.25, 0.3) is 0 Å². The Morgan fingerprint density at radius 3 is 2.33 bits per heavy atom. The molecule has 0 bridgehead atoms. The third-order valence-corrected chi connectivity index (χ3v) is 5.66. The summed E-state index contributed by atoms with van der Waals surface area (Å²) in [6.07, 6.45) is 3.79. The molecule has 24 heavy (non-hydrogen) atoms. The van der Waals surface area contributed by atoms with Crippen molar-refractivity contribution in [2.24, 2.45) is 17.3 Å². The van der Waals surface area contributed by atoms with Crippen LogP contribution in [-0.4, -0.2) is 12.6 Å². The summed E-state index contributed by atoms with van der Waals surface area (Å²) in [6.45, 7) is 8.94. The largest absolute Gasteiger partial charge is 0.465 e. The van der Waals surface area contributed by atoms with Crippen molar-refractivity contribution in [2.75, 3.05) is 6.61 Å².